The van der Waals surface area contributed by atoms with E-state index in [-0.39, 0.29) is 0 Å². The third kappa shape index (κ3) is 4.57. The predicted molar refractivity (Wildman–Crippen MR) is 59.6 cm³/mol. The molecule has 5 nitrogen and oxygen atoms in total. The molecule has 6 heteroatoms. The molecule has 0 radical (unpaired) electrons. The van der Waals surface area contributed by atoms with Crippen molar-refractivity contribution in [3.63, 3.8) is 0 Å². The fraction of sp³-hybridized carbons (Fsp3) is 0.889. The Bertz CT molecular complexity index is 286. The third-order valence-corrected chi connectivity index (χ3v) is 2.41. The lowest BCUT2D eigenvalue weighted by Crippen LogP contribution is -2.32. The Kier molecular flexibility index (Phi) is 4.98. The minimum Gasteiger partial charge on any atom is -0.306 e. The van der Waals surface area contributed by atoms with Gasteiger partial charge in [-0.15, -0.1) is 21.8 Å². The summed E-state index contributed by atoms with van der Waals surface area (Å²) in [7, 11) is 1.75. The summed E-state index contributed by atoms with van der Waals surface area (Å²) in [6.07, 6.45) is 1.06. The summed E-state index contributed by atoms with van der Waals surface area (Å²) in [6.45, 7) is 4.99. The molecule has 0 bridgehead atoms. The molecule has 0 spiro atoms. The molecule has 0 amide bonds. The first kappa shape index (κ1) is 12.4. The Hall–Kier alpha value is -0.680. The molecule has 1 N–H and O–H groups in total. The van der Waals surface area contributed by atoms with E-state index in [0.717, 1.165) is 6.42 Å². The van der Waals surface area contributed by atoms with Crippen LogP contribution in [0, 0.1) is 5.92 Å². The first-order valence-electron chi connectivity index (χ1n) is 5.14. The van der Waals surface area contributed by atoms with E-state index in [1.54, 1.807) is 7.05 Å². The lowest BCUT2D eigenvalue weighted by atomic mass is 10.1. The van der Waals surface area contributed by atoms with E-state index in [0.29, 0.717) is 30.2 Å². The number of alkyl halides is 1. The van der Waals surface area contributed by atoms with E-state index >= 15 is 0 Å². The molecule has 0 aliphatic heterocycles. The largest absolute Gasteiger partial charge is 0.306 e. The van der Waals surface area contributed by atoms with Gasteiger partial charge in [0.15, 0.2) is 5.82 Å². The van der Waals surface area contributed by atoms with E-state index in [1.165, 1.54) is 4.80 Å². The number of rotatable bonds is 6. The van der Waals surface area contributed by atoms with E-state index in [2.05, 4.69) is 34.6 Å². The SMILES string of the molecule is CC(C)CC(CCl)NCc1nnn(C)n1. The van der Waals surface area contributed by atoms with Gasteiger partial charge in [-0.05, 0) is 17.6 Å². The molecule has 0 aromatic carbocycles. The average Bonchev–Trinajstić information content (AvgIpc) is 2.58. The Labute approximate surface area is 95.2 Å². The summed E-state index contributed by atoms with van der Waals surface area (Å²) in [5, 5.41) is 15.1. The average molecular weight is 232 g/mol. The maximum atomic E-state index is 5.86. The third-order valence-electron chi connectivity index (χ3n) is 2.04. The van der Waals surface area contributed by atoms with Crippen LogP contribution in [0.2, 0.25) is 0 Å². The van der Waals surface area contributed by atoms with Crippen molar-refractivity contribution < 1.29 is 0 Å². The van der Waals surface area contributed by atoms with E-state index in [4.69, 9.17) is 11.6 Å². The number of halogens is 1. The van der Waals surface area contributed by atoms with Gasteiger partial charge in [-0.3, -0.25) is 0 Å². The summed E-state index contributed by atoms with van der Waals surface area (Å²) < 4.78 is 0. The summed E-state index contributed by atoms with van der Waals surface area (Å²) in [6, 6.07) is 0.315. The van der Waals surface area contributed by atoms with Gasteiger partial charge >= 0.3 is 0 Å². The molecule has 1 heterocycles. The lowest BCUT2D eigenvalue weighted by molar-refractivity contribution is 0.439. The lowest BCUT2D eigenvalue weighted by Gasteiger charge is -2.16. The van der Waals surface area contributed by atoms with Gasteiger partial charge in [0, 0.05) is 11.9 Å². The zero-order valence-electron chi connectivity index (χ0n) is 9.44. The minimum absolute atomic E-state index is 0.315. The Balaban J connectivity index is 2.34. The van der Waals surface area contributed by atoms with Crippen molar-refractivity contribution in [3.05, 3.63) is 5.82 Å². The Morgan fingerprint density at radius 3 is 2.67 bits per heavy atom. The smallest absolute Gasteiger partial charge is 0.188 e. The van der Waals surface area contributed by atoms with Crippen molar-refractivity contribution in [2.24, 2.45) is 13.0 Å². The highest BCUT2D eigenvalue weighted by atomic mass is 35.5. The van der Waals surface area contributed by atoms with Crippen LogP contribution in [0.5, 0.6) is 0 Å². The molecule has 0 saturated heterocycles. The van der Waals surface area contributed by atoms with Crippen molar-refractivity contribution >= 4 is 11.6 Å². The molecule has 1 unspecified atom stereocenters. The quantitative estimate of drug-likeness (QED) is 0.741. The number of hydrogen-bond donors (Lipinski definition) is 1. The van der Waals surface area contributed by atoms with Crippen LogP contribution >= 0.6 is 11.6 Å². The van der Waals surface area contributed by atoms with E-state index in [1.807, 2.05) is 0 Å². The van der Waals surface area contributed by atoms with Crippen molar-refractivity contribution in [1.29, 1.82) is 0 Å². The maximum Gasteiger partial charge on any atom is 0.188 e. The van der Waals surface area contributed by atoms with Crippen LogP contribution in [0.4, 0.5) is 0 Å². The van der Waals surface area contributed by atoms with Gasteiger partial charge in [0.05, 0.1) is 13.6 Å². The van der Waals surface area contributed by atoms with Crippen molar-refractivity contribution in [2.75, 3.05) is 5.88 Å². The number of aryl methyl sites for hydroxylation is 1. The predicted octanol–water partition coefficient (Wildman–Crippen LogP) is 0.953. The maximum absolute atomic E-state index is 5.86. The number of tetrazole rings is 1. The van der Waals surface area contributed by atoms with Gasteiger partial charge in [0.25, 0.3) is 0 Å². The Morgan fingerprint density at radius 1 is 1.47 bits per heavy atom. The Morgan fingerprint density at radius 2 is 2.20 bits per heavy atom. The summed E-state index contributed by atoms with van der Waals surface area (Å²) >= 11 is 5.86. The number of nitrogens with zero attached hydrogens (tertiary/aromatic N) is 4. The van der Waals surface area contributed by atoms with Crippen molar-refractivity contribution in [2.45, 2.75) is 32.9 Å². The first-order valence-corrected chi connectivity index (χ1v) is 5.67. The summed E-state index contributed by atoms with van der Waals surface area (Å²) in [5.41, 5.74) is 0. The number of hydrogen-bond acceptors (Lipinski definition) is 4. The zero-order valence-corrected chi connectivity index (χ0v) is 10.2. The highest BCUT2D eigenvalue weighted by Crippen LogP contribution is 2.06. The number of aromatic nitrogens is 4. The van der Waals surface area contributed by atoms with Crippen LogP contribution < -0.4 is 5.32 Å². The van der Waals surface area contributed by atoms with Gasteiger partial charge in [-0.1, -0.05) is 13.8 Å². The molecule has 0 fully saturated rings. The molecule has 86 valence electrons. The van der Waals surface area contributed by atoms with Gasteiger partial charge in [0.1, 0.15) is 0 Å². The highest BCUT2D eigenvalue weighted by molar-refractivity contribution is 6.18. The summed E-state index contributed by atoms with van der Waals surface area (Å²) in [4.78, 5) is 1.45. The van der Waals surface area contributed by atoms with Gasteiger partial charge in [-0.25, -0.2) is 0 Å². The second kappa shape index (κ2) is 6.02. The first-order chi connectivity index (χ1) is 7.11. The monoisotopic (exact) mass is 231 g/mol. The van der Waals surface area contributed by atoms with Crippen LogP contribution in [0.15, 0.2) is 0 Å². The normalized spacial score (nSPS) is 13.4. The van der Waals surface area contributed by atoms with Crippen LogP contribution in [0.25, 0.3) is 0 Å². The molecular formula is C9H18ClN5. The van der Waals surface area contributed by atoms with Crippen LogP contribution in [-0.2, 0) is 13.6 Å². The zero-order chi connectivity index (χ0) is 11.3. The van der Waals surface area contributed by atoms with Crippen molar-refractivity contribution in [3.8, 4) is 0 Å². The summed E-state index contributed by atoms with van der Waals surface area (Å²) in [5.74, 6) is 1.95. The van der Waals surface area contributed by atoms with E-state index < -0.39 is 0 Å². The minimum atomic E-state index is 0.315. The van der Waals surface area contributed by atoms with Gasteiger partial charge in [-0.2, -0.15) is 4.80 Å². The fourth-order valence-electron chi connectivity index (χ4n) is 1.40. The molecule has 0 aliphatic rings. The number of nitrogens with one attached hydrogen (secondary N) is 1. The second-order valence-corrected chi connectivity index (χ2v) is 4.37. The molecule has 1 aromatic rings. The van der Waals surface area contributed by atoms with Crippen LogP contribution in [-0.4, -0.2) is 32.1 Å². The highest BCUT2D eigenvalue weighted by Gasteiger charge is 2.10. The molecule has 1 rings (SSSR count). The molecular weight excluding hydrogens is 214 g/mol. The molecule has 0 aliphatic carbocycles. The van der Waals surface area contributed by atoms with Gasteiger partial charge in [0.2, 0.25) is 0 Å². The molecule has 0 saturated carbocycles. The van der Waals surface area contributed by atoms with Crippen molar-refractivity contribution in [1.82, 2.24) is 25.5 Å². The fourth-order valence-corrected chi connectivity index (χ4v) is 1.63. The molecule has 15 heavy (non-hydrogen) atoms. The topological polar surface area (TPSA) is 55.6 Å². The van der Waals surface area contributed by atoms with E-state index in [9.17, 15) is 0 Å². The van der Waals surface area contributed by atoms with Gasteiger partial charge < -0.3 is 5.32 Å². The molecule has 1 aromatic heterocycles. The van der Waals surface area contributed by atoms with Crippen LogP contribution in [0.3, 0.4) is 0 Å². The van der Waals surface area contributed by atoms with Crippen LogP contribution in [0.1, 0.15) is 26.1 Å². The molecule has 1 atom stereocenters. The standard InChI is InChI=1S/C9H18ClN5/c1-7(2)4-8(5-10)11-6-9-12-14-15(3)13-9/h7-8,11H,4-6H2,1-3H3. The second-order valence-electron chi connectivity index (χ2n) is 4.06.